The second-order valence-electron chi connectivity index (χ2n) is 5.73. The van der Waals surface area contributed by atoms with Crippen LogP contribution < -0.4 is 0 Å². The van der Waals surface area contributed by atoms with Crippen LogP contribution in [-0.4, -0.2) is 99.0 Å². The Morgan fingerprint density at radius 3 is 2.19 bits per heavy atom. The van der Waals surface area contributed by atoms with Gasteiger partial charge in [0.25, 0.3) is 0 Å². The fraction of sp³-hybridized carbons (Fsp3) is 1.00. The van der Waals surface area contributed by atoms with Crippen molar-refractivity contribution in [3.63, 3.8) is 0 Å². The highest BCUT2D eigenvalue weighted by Crippen LogP contribution is 2.38. The maximum absolute atomic E-state index is 10.2. The van der Waals surface area contributed by atoms with E-state index in [0.717, 1.165) is 0 Å². The summed E-state index contributed by atoms with van der Waals surface area (Å²) in [4.78, 5) is 0. The van der Waals surface area contributed by atoms with Crippen molar-refractivity contribution in [3.8, 4) is 0 Å². The van der Waals surface area contributed by atoms with Gasteiger partial charge in [-0.15, -0.1) is 0 Å². The highest BCUT2D eigenvalue weighted by molar-refractivity contribution is 5.03. The molecule has 122 valence electrons. The molecule has 3 heterocycles. The van der Waals surface area contributed by atoms with Crippen LogP contribution in [0.25, 0.3) is 0 Å². The Bertz CT molecular complexity index is 378. The summed E-state index contributed by atoms with van der Waals surface area (Å²) < 4.78 is 16.0. The number of hydrogen-bond acceptors (Lipinski definition) is 9. The Kier molecular flexibility index (Phi) is 4.21. The molecule has 0 spiro atoms. The Balaban J connectivity index is 1.84. The number of ether oxygens (including phenoxy) is 3. The van der Waals surface area contributed by atoms with E-state index >= 15 is 0 Å². The van der Waals surface area contributed by atoms with Gasteiger partial charge in [-0.1, -0.05) is 0 Å². The van der Waals surface area contributed by atoms with Gasteiger partial charge in [0.1, 0.15) is 30.5 Å². The minimum absolute atomic E-state index is 0.110. The molecule has 3 rings (SSSR count). The molecule has 21 heavy (non-hydrogen) atoms. The van der Waals surface area contributed by atoms with Crippen LogP contribution in [0.4, 0.5) is 0 Å². The van der Waals surface area contributed by atoms with E-state index in [1.165, 1.54) is 0 Å². The summed E-state index contributed by atoms with van der Waals surface area (Å²) in [6, 6.07) is 0. The minimum atomic E-state index is -1.54. The molecule has 0 aliphatic carbocycles. The first-order valence-electron chi connectivity index (χ1n) is 6.89. The van der Waals surface area contributed by atoms with Crippen LogP contribution >= 0.6 is 0 Å². The third-order valence-electron chi connectivity index (χ3n) is 4.49. The van der Waals surface area contributed by atoms with Crippen LogP contribution in [-0.2, 0) is 14.2 Å². The summed E-state index contributed by atoms with van der Waals surface area (Å²) in [5.41, 5.74) is 0. The quantitative estimate of drug-likeness (QED) is 0.299. The maximum atomic E-state index is 10.2. The average molecular weight is 308 g/mol. The van der Waals surface area contributed by atoms with Gasteiger partial charge in [0, 0.05) is 5.92 Å². The third-order valence-corrected chi connectivity index (χ3v) is 4.49. The number of fused-ring (bicyclic) bond motifs is 2. The average Bonchev–Trinajstić information content (AvgIpc) is 2.91. The molecule has 0 aromatic rings. The molecule has 6 N–H and O–H groups in total. The second-order valence-corrected chi connectivity index (χ2v) is 5.73. The molecule has 3 aliphatic heterocycles. The molecule has 2 bridgehead atoms. The van der Waals surface area contributed by atoms with Gasteiger partial charge in [-0.2, -0.15) is 0 Å². The van der Waals surface area contributed by atoms with E-state index in [9.17, 15) is 30.6 Å². The predicted octanol–water partition coefficient (Wildman–Crippen LogP) is -4.08. The van der Waals surface area contributed by atoms with Gasteiger partial charge in [0.15, 0.2) is 6.29 Å². The number of aliphatic hydroxyl groups is 6. The summed E-state index contributed by atoms with van der Waals surface area (Å²) in [5.74, 6) is -0.857. The third kappa shape index (κ3) is 2.38. The molecule has 0 saturated carbocycles. The van der Waals surface area contributed by atoms with Gasteiger partial charge < -0.3 is 44.8 Å². The Morgan fingerprint density at radius 2 is 1.52 bits per heavy atom. The Morgan fingerprint density at radius 1 is 0.810 bits per heavy atom. The Hall–Kier alpha value is -0.360. The van der Waals surface area contributed by atoms with E-state index in [-0.39, 0.29) is 6.61 Å². The van der Waals surface area contributed by atoms with Gasteiger partial charge in [-0.3, -0.25) is 0 Å². The maximum Gasteiger partial charge on any atom is 0.186 e. The van der Waals surface area contributed by atoms with Crippen molar-refractivity contribution < 1.29 is 44.8 Å². The zero-order valence-electron chi connectivity index (χ0n) is 11.1. The van der Waals surface area contributed by atoms with E-state index in [1.807, 2.05) is 0 Å². The van der Waals surface area contributed by atoms with Crippen LogP contribution in [0.5, 0.6) is 0 Å². The lowest BCUT2D eigenvalue weighted by atomic mass is 9.79. The fourth-order valence-corrected chi connectivity index (χ4v) is 3.28. The summed E-state index contributed by atoms with van der Waals surface area (Å²) in [6.07, 6.45) is -10.8. The summed E-state index contributed by atoms with van der Waals surface area (Å²) in [7, 11) is 0. The van der Waals surface area contributed by atoms with Gasteiger partial charge in [-0.05, 0) is 0 Å². The monoisotopic (exact) mass is 308 g/mol. The van der Waals surface area contributed by atoms with E-state index < -0.39 is 67.6 Å². The summed E-state index contributed by atoms with van der Waals surface area (Å²) in [5, 5.41) is 58.9. The van der Waals surface area contributed by atoms with E-state index in [1.54, 1.807) is 0 Å². The molecular formula is C12H20O9. The van der Waals surface area contributed by atoms with E-state index in [2.05, 4.69) is 0 Å². The SMILES string of the molecule is OC[C@H]1O[C@H]([C@H]2[C@H](O)[C@@H](O)[C@@H]3OC[C@H]2O3)[C@H](O)[C@@H](O)[C@@H]1O. The predicted molar refractivity (Wildman–Crippen MR) is 63.9 cm³/mol. The van der Waals surface area contributed by atoms with Crippen LogP contribution in [0, 0.1) is 5.92 Å². The van der Waals surface area contributed by atoms with Crippen molar-refractivity contribution in [2.24, 2.45) is 5.92 Å². The number of aliphatic hydroxyl groups excluding tert-OH is 6. The van der Waals surface area contributed by atoms with Crippen molar-refractivity contribution in [1.82, 2.24) is 0 Å². The topological polar surface area (TPSA) is 149 Å². The van der Waals surface area contributed by atoms with Crippen molar-refractivity contribution >= 4 is 0 Å². The molecule has 0 unspecified atom stereocenters. The second kappa shape index (κ2) is 5.69. The van der Waals surface area contributed by atoms with E-state index in [0.29, 0.717) is 0 Å². The molecule has 0 amide bonds. The largest absolute Gasteiger partial charge is 0.394 e. The smallest absolute Gasteiger partial charge is 0.186 e. The van der Waals surface area contributed by atoms with Gasteiger partial charge in [-0.25, -0.2) is 0 Å². The summed E-state index contributed by atoms with van der Waals surface area (Å²) in [6.45, 7) is -0.448. The normalized spacial score (nSPS) is 57.4. The van der Waals surface area contributed by atoms with E-state index in [4.69, 9.17) is 14.2 Å². The van der Waals surface area contributed by atoms with Crippen molar-refractivity contribution in [3.05, 3.63) is 0 Å². The van der Waals surface area contributed by atoms with Gasteiger partial charge in [0.2, 0.25) is 0 Å². The lowest BCUT2D eigenvalue weighted by molar-refractivity contribution is -0.282. The molecular weight excluding hydrogens is 288 g/mol. The van der Waals surface area contributed by atoms with Crippen LogP contribution in [0.2, 0.25) is 0 Å². The van der Waals surface area contributed by atoms with Crippen molar-refractivity contribution in [2.75, 3.05) is 13.2 Å². The van der Waals surface area contributed by atoms with Crippen LogP contribution in [0.1, 0.15) is 0 Å². The van der Waals surface area contributed by atoms with Crippen molar-refractivity contribution in [1.29, 1.82) is 0 Å². The standard InChI is InChI=1S/C12H20O9/c13-1-3-6(14)8(16)9(17)11(20-3)5-4-2-19-12(21-4)10(18)7(5)15/h3-18H,1-2H2/t3-,4-,5-,6-,7+,8+,9-,10-,11-,12-/m1/s1. The molecule has 3 fully saturated rings. The van der Waals surface area contributed by atoms with Gasteiger partial charge >= 0.3 is 0 Å². The minimum Gasteiger partial charge on any atom is -0.394 e. The lowest BCUT2D eigenvalue weighted by Crippen LogP contribution is -2.65. The molecule has 3 aliphatic rings. The fourth-order valence-electron chi connectivity index (χ4n) is 3.28. The first kappa shape index (κ1) is 15.5. The highest BCUT2D eigenvalue weighted by Gasteiger charge is 2.57. The number of hydrogen-bond donors (Lipinski definition) is 6. The Labute approximate surface area is 120 Å². The molecule has 9 nitrogen and oxygen atoms in total. The highest BCUT2D eigenvalue weighted by atomic mass is 16.7. The molecule has 9 heteroatoms. The zero-order chi connectivity index (χ0) is 15.3. The molecule has 0 aromatic carbocycles. The molecule has 10 atom stereocenters. The van der Waals surface area contributed by atoms with Crippen LogP contribution in [0.15, 0.2) is 0 Å². The first-order chi connectivity index (χ1) is 9.95. The summed E-state index contributed by atoms with van der Waals surface area (Å²) >= 11 is 0. The van der Waals surface area contributed by atoms with Gasteiger partial charge in [0.05, 0.1) is 31.5 Å². The molecule has 3 saturated heterocycles. The van der Waals surface area contributed by atoms with Crippen LogP contribution in [0.3, 0.4) is 0 Å². The molecule has 0 aromatic heterocycles. The first-order valence-corrected chi connectivity index (χ1v) is 6.89. The zero-order valence-corrected chi connectivity index (χ0v) is 11.1. The lowest BCUT2D eigenvalue weighted by Gasteiger charge is -2.47. The molecule has 0 radical (unpaired) electrons. The van der Waals surface area contributed by atoms with Crippen molar-refractivity contribution in [2.45, 2.75) is 55.1 Å². The number of rotatable bonds is 2.